The molecule has 0 spiro atoms. The summed E-state index contributed by atoms with van der Waals surface area (Å²) in [5.41, 5.74) is -0.554. The van der Waals surface area contributed by atoms with E-state index in [0.29, 0.717) is 16.8 Å². The summed E-state index contributed by atoms with van der Waals surface area (Å²) < 4.78 is 26.7. The highest BCUT2D eigenvalue weighted by Crippen LogP contribution is 2.19. The van der Waals surface area contributed by atoms with E-state index >= 15 is 0 Å². The van der Waals surface area contributed by atoms with Crippen LogP contribution in [0.5, 0.6) is 5.75 Å². The second-order valence-electron chi connectivity index (χ2n) is 15.3. The molecule has 300 valence electrons. The number of nitrogens with one attached hydrogen (secondary N) is 2. The van der Waals surface area contributed by atoms with E-state index in [4.69, 9.17) is 23.7 Å². The van der Waals surface area contributed by atoms with Gasteiger partial charge in [-0.1, -0.05) is 24.3 Å². The Morgan fingerprint density at radius 2 is 1.30 bits per heavy atom. The first kappa shape index (κ1) is 44.0. The van der Waals surface area contributed by atoms with Crippen molar-refractivity contribution in [3.8, 4) is 5.75 Å². The largest absolute Gasteiger partial charge is 0.480 e. The van der Waals surface area contributed by atoms with Crippen molar-refractivity contribution in [1.82, 2.24) is 10.2 Å². The van der Waals surface area contributed by atoms with Crippen LogP contribution < -0.4 is 15.4 Å². The monoisotopic (exact) mass is 776 g/mol. The Bertz CT molecular complexity index is 1920. The summed E-state index contributed by atoms with van der Waals surface area (Å²) in [6, 6.07) is 18.4. The third kappa shape index (κ3) is 16.3. The maximum absolute atomic E-state index is 12.9. The minimum atomic E-state index is -1.26. The van der Waals surface area contributed by atoms with Gasteiger partial charge in [0.1, 0.15) is 35.7 Å². The van der Waals surface area contributed by atoms with E-state index in [2.05, 4.69) is 15.6 Å². The first-order valence-corrected chi connectivity index (χ1v) is 17.4. The molecule has 56 heavy (non-hydrogen) atoms. The Hall–Kier alpha value is -6.45. The summed E-state index contributed by atoms with van der Waals surface area (Å²) >= 11 is 0. The zero-order valence-electron chi connectivity index (χ0n) is 32.9. The van der Waals surface area contributed by atoms with Gasteiger partial charge in [0.25, 0.3) is 0 Å². The van der Waals surface area contributed by atoms with Gasteiger partial charge >= 0.3 is 36.2 Å². The molecule has 0 aliphatic heterocycles. The predicted octanol–water partition coefficient (Wildman–Crippen LogP) is 7.31. The zero-order valence-corrected chi connectivity index (χ0v) is 32.9. The van der Waals surface area contributed by atoms with Crippen LogP contribution in [0.3, 0.4) is 0 Å². The predicted molar refractivity (Wildman–Crippen MR) is 204 cm³/mol. The second-order valence-corrected chi connectivity index (χ2v) is 15.3. The molecule has 0 fully saturated rings. The number of aliphatic carboxylic acids is 1. The summed E-state index contributed by atoms with van der Waals surface area (Å²) in [5.74, 6) is -2.58. The summed E-state index contributed by atoms with van der Waals surface area (Å²) in [5, 5.41) is 14.6. The van der Waals surface area contributed by atoms with Crippen LogP contribution in [0.2, 0.25) is 0 Å². The standard InChI is InChI=1S/C40H48N4O12/c1-38(2,3)54-33(48)28-12-10-11-26(21-28)22-44(23-31(45)46)37(51)52-24-25-13-19-30(20-14-25)53-32(47)27-15-17-29(18-16-27)41-34(42-35(49)55-39(4,5)6)43-36(50)56-40(7,8)9/h10-21H,22-24H2,1-9H3,(H,45,46)(H2,41,42,43,49,50). The summed E-state index contributed by atoms with van der Waals surface area (Å²) in [4.78, 5) is 79.4. The number of hydrogen-bond donors (Lipinski definition) is 3. The lowest BCUT2D eigenvalue weighted by Crippen LogP contribution is -2.40. The molecule has 3 aromatic rings. The highest BCUT2D eigenvalue weighted by atomic mass is 16.6. The number of rotatable bonds is 10. The number of anilines is 1. The lowest BCUT2D eigenvalue weighted by atomic mass is 10.1. The number of carbonyl (C=O) groups is 6. The van der Waals surface area contributed by atoms with Crippen molar-refractivity contribution in [3.63, 3.8) is 0 Å². The number of aliphatic imine (C=N–C) groups is 1. The smallest absolute Gasteiger partial charge is 0.437 e. The van der Waals surface area contributed by atoms with Crippen LogP contribution in [0.25, 0.3) is 0 Å². The number of guanidine groups is 1. The number of ether oxygens (including phenoxy) is 5. The highest BCUT2D eigenvalue weighted by molar-refractivity contribution is 6.06. The second kappa shape index (κ2) is 18.7. The number of nitrogens with zero attached hydrogens (tertiary/aromatic N) is 2. The lowest BCUT2D eigenvalue weighted by molar-refractivity contribution is -0.138. The molecule has 3 N–H and O–H groups in total. The van der Waals surface area contributed by atoms with Crippen LogP contribution >= 0.6 is 0 Å². The van der Waals surface area contributed by atoms with E-state index in [-0.39, 0.29) is 36.0 Å². The fourth-order valence-electron chi connectivity index (χ4n) is 4.45. The van der Waals surface area contributed by atoms with Gasteiger partial charge in [-0.05, 0) is 122 Å². The minimum absolute atomic E-state index is 0.141. The van der Waals surface area contributed by atoms with Gasteiger partial charge in [0.05, 0.1) is 11.1 Å². The zero-order chi connectivity index (χ0) is 41.8. The van der Waals surface area contributed by atoms with Gasteiger partial charge in [0.2, 0.25) is 5.96 Å². The van der Waals surface area contributed by atoms with Gasteiger partial charge in [-0.15, -0.1) is 4.99 Å². The van der Waals surface area contributed by atoms with E-state index in [1.807, 2.05) is 0 Å². The van der Waals surface area contributed by atoms with Crippen molar-refractivity contribution in [2.24, 2.45) is 4.99 Å². The fourth-order valence-corrected chi connectivity index (χ4v) is 4.45. The molecule has 16 nitrogen and oxygen atoms in total. The van der Waals surface area contributed by atoms with Gasteiger partial charge in [-0.2, -0.15) is 0 Å². The number of esters is 2. The molecule has 3 rings (SSSR count). The molecule has 0 radical (unpaired) electrons. The molecule has 0 bridgehead atoms. The third-order valence-corrected chi connectivity index (χ3v) is 6.61. The molecule has 0 saturated heterocycles. The van der Waals surface area contributed by atoms with Gasteiger partial charge < -0.3 is 34.1 Å². The van der Waals surface area contributed by atoms with Crippen molar-refractivity contribution >= 4 is 47.8 Å². The van der Waals surface area contributed by atoms with Crippen molar-refractivity contribution in [2.75, 3.05) is 11.9 Å². The molecule has 3 amide bonds. The Kier molecular flexibility index (Phi) is 14.7. The first-order valence-electron chi connectivity index (χ1n) is 17.4. The molecule has 16 heteroatoms. The quantitative estimate of drug-likeness (QED) is 0.0607. The highest BCUT2D eigenvalue weighted by Gasteiger charge is 2.23. The SMILES string of the molecule is CC(C)(C)OC(=O)/N=C(/NC(=O)OC(C)(C)C)Nc1ccc(C(=O)Oc2ccc(COC(=O)N(CC(=O)O)Cc3cccc(C(=O)OC(C)(C)C)c3)cc2)cc1. The normalized spacial score (nSPS) is 11.8. The van der Waals surface area contributed by atoms with Crippen LogP contribution in [-0.4, -0.2) is 75.5 Å². The van der Waals surface area contributed by atoms with E-state index in [9.17, 15) is 33.9 Å². The van der Waals surface area contributed by atoms with E-state index in [1.54, 1.807) is 92.6 Å². The topological polar surface area (TPSA) is 208 Å². The average Bonchev–Trinajstić information content (AvgIpc) is 3.05. The first-order chi connectivity index (χ1) is 25.9. The third-order valence-electron chi connectivity index (χ3n) is 6.61. The molecule has 3 aromatic carbocycles. The summed E-state index contributed by atoms with van der Waals surface area (Å²) in [6.45, 7) is 14.2. The Balaban J connectivity index is 1.61. The van der Waals surface area contributed by atoms with E-state index in [0.717, 1.165) is 4.90 Å². The van der Waals surface area contributed by atoms with Crippen molar-refractivity contribution in [1.29, 1.82) is 0 Å². The molecule has 0 aromatic heterocycles. The summed E-state index contributed by atoms with van der Waals surface area (Å²) in [7, 11) is 0. The molecule has 0 atom stereocenters. The molecule has 0 aliphatic carbocycles. The molecule has 0 aliphatic rings. The number of amides is 3. The lowest BCUT2D eigenvalue weighted by Gasteiger charge is -2.21. The van der Waals surface area contributed by atoms with Crippen molar-refractivity contribution in [2.45, 2.75) is 92.3 Å². The Morgan fingerprint density at radius 3 is 1.88 bits per heavy atom. The number of alkyl carbamates (subject to hydrolysis) is 1. The number of benzene rings is 3. The van der Waals surface area contributed by atoms with E-state index < -0.39 is 59.5 Å². The van der Waals surface area contributed by atoms with Crippen LogP contribution in [0.4, 0.5) is 20.1 Å². The molecule has 0 saturated carbocycles. The van der Waals surface area contributed by atoms with Crippen LogP contribution in [0.15, 0.2) is 77.8 Å². The van der Waals surface area contributed by atoms with Crippen LogP contribution in [0, 0.1) is 0 Å². The van der Waals surface area contributed by atoms with Crippen LogP contribution in [0.1, 0.15) is 94.2 Å². The van der Waals surface area contributed by atoms with Crippen molar-refractivity contribution < 1.29 is 57.6 Å². The van der Waals surface area contributed by atoms with E-state index in [1.165, 1.54) is 42.5 Å². The van der Waals surface area contributed by atoms with Crippen LogP contribution in [-0.2, 0) is 36.9 Å². The number of carboxylic acid groups (broad SMARTS) is 1. The number of carboxylic acids is 1. The average molecular weight is 777 g/mol. The summed E-state index contributed by atoms with van der Waals surface area (Å²) in [6.07, 6.45) is -2.72. The van der Waals surface area contributed by atoms with Gasteiger partial charge in [0, 0.05) is 12.2 Å². The van der Waals surface area contributed by atoms with Crippen molar-refractivity contribution in [3.05, 3.63) is 95.1 Å². The van der Waals surface area contributed by atoms with Gasteiger partial charge in [-0.25, -0.2) is 24.0 Å². The molecule has 0 unspecified atom stereocenters. The fraction of sp³-hybridized carbons (Fsp3) is 0.375. The number of hydrogen-bond acceptors (Lipinski definition) is 11. The molecular weight excluding hydrogens is 728 g/mol. The maximum atomic E-state index is 12.9. The minimum Gasteiger partial charge on any atom is -0.480 e. The number of carbonyl (C=O) groups excluding carboxylic acids is 5. The molecule has 0 heterocycles. The Morgan fingerprint density at radius 1 is 0.696 bits per heavy atom. The van der Waals surface area contributed by atoms with Gasteiger partial charge in [-0.3, -0.25) is 15.0 Å². The molecular formula is C40H48N4O12. The Labute approximate surface area is 325 Å². The van der Waals surface area contributed by atoms with Gasteiger partial charge in [0.15, 0.2) is 0 Å². The maximum Gasteiger partial charge on any atom is 0.437 e.